The number of anilines is 1. The number of nitrogens with zero attached hydrogens (tertiary/aromatic N) is 5. The fourth-order valence-corrected chi connectivity index (χ4v) is 3.76. The van der Waals surface area contributed by atoms with Crippen molar-refractivity contribution in [2.24, 2.45) is 7.05 Å². The molecule has 9 heteroatoms. The van der Waals surface area contributed by atoms with Crippen LogP contribution in [0, 0.1) is 0 Å². The first-order valence-corrected chi connectivity index (χ1v) is 9.24. The van der Waals surface area contributed by atoms with Crippen LogP contribution in [0.4, 0.5) is 18.9 Å². The van der Waals surface area contributed by atoms with Gasteiger partial charge >= 0.3 is 6.18 Å². The van der Waals surface area contributed by atoms with E-state index in [1.165, 1.54) is 12.3 Å². The van der Waals surface area contributed by atoms with E-state index in [0.29, 0.717) is 36.1 Å². The zero-order chi connectivity index (χ0) is 20.8. The van der Waals surface area contributed by atoms with Gasteiger partial charge in [-0.3, -0.25) is 14.5 Å². The number of pyridine rings is 1. The van der Waals surface area contributed by atoms with Crippen molar-refractivity contribution in [1.29, 1.82) is 0 Å². The number of rotatable bonds is 2. The highest BCUT2D eigenvalue weighted by molar-refractivity contribution is 5.95. The smallest absolute Gasteiger partial charge is 0.367 e. The molecule has 1 amide bonds. The van der Waals surface area contributed by atoms with E-state index in [0.717, 1.165) is 17.8 Å². The van der Waals surface area contributed by atoms with Crippen LogP contribution < -0.4 is 4.90 Å². The normalized spacial score (nSPS) is 17.8. The highest BCUT2D eigenvalue weighted by Crippen LogP contribution is 2.34. The molecule has 3 heterocycles. The SMILES string of the molecule is CC1CN(c2ccnc3cc(C(F)(F)F)ccc23)CCN1C(=O)c1cnn(C)c1. The summed E-state index contributed by atoms with van der Waals surface area (Å²) in [6.45, 7) is 3.63. The van der Waals surface area contributed by atoms with Gasteiger partial charge in [-0.15, -0.1) is 0 Å². The Kier molecular flexibility index (Phi) is 4.68. The van der Waals surface area contributed by atoms with Crippen LogP contribution >= 0.6 is 0 Å². The summed E-state index contributed by atoms with van der Waals surface area (Å²) in [6, 6.07) is 5.37. The van der Waals surface area contributed by atoms with Crippen molar-refractivity contribution in [3.63, 3.8) is 0 Å². The lowest BCUT2D eigenvalue weighted by Gasteiger charge is -2.41. The van der Waals surface area contributed by atoms with Crippen LogP contribution in [0.5, 0.6) is 0 Å². The molecule has 2 aromatic heterocycles. The van der Waals surface area contributed by atoms with Crippen LogP contribution in [-0.2, 0) is 13.2 Å². The molecule has 152 valence electrons. The van der Waals surface area contributed by atoms with Gasteiger partial charge in [0, 0.05) is 56.2 Å². The third-order valence-electron chi connectivity index (χ3n) is 5.23. The Morgan fingerprint density at radius 3 is 2.66 bits per heavy atom. The number of halogens is 3. The summed E-state index contributed by atoms with van der Waals surface area (Å²) in [7, 11) is 1.76. The summed E-state index contributed by atoms with van der Waals surface area (Å²) in [5, 5.41) is 4.72. The molecule has 4 rings (SSSR count). The van der Waals surface area contributed by atoms with Gasteiger partial charge < -0.3 is 9.80 Å². The Balaban J connectivity index is 1.57. The Labute approximate surface area is 165 Å². The fourth-order valence-electron chi connectivity index (χ4n) is 3.76. The number of carbonyl (C=O) groups excluding carboxylic acids is 1. The van der Waals surface area contributed by atoms with Gasteiger partial charge in [0.05, 0.1) is 22.8 Å². The molecule has 1 fully saturated rings. The van der Waals surface area contributed by atoms with Crippen molar-refractivity contribution in [3.8, 4) is 0 Å². The molecule has 0 bridgehead atoms. The zero-order valence-corrected chi connectivity index (χ0v) is 16.0. The molecule has 1 unspecified atom stereocenters. The maximum Gasteiger partial charge on any atom is 0.416 e. The van der Waals surface area contributed by atoms with Gasteiger partial charge in [0.1, 0.15) is 0 Å². The van der Waals surface area contributed by atoms with Gasteiger partial charge in [0.15, 0.2) is 0 Å². The van der Waals surface area contributed by atoms with Crippen LogP contribution in [0.3, 0.4) is 0 Å². The van der Waals surface area contributed by atoms with Crippen LogP contribution in [0.15, 0.2) is 42.9 Å². The first kappa shape index (κ1) is 19.2. The van der Waals surface area contributed by atoms with E-state index in [1.807, 2.05) is 6.92 Å². The molecule has 0 spiro atoms. The van der Waals surface area contributed by atoms with Gasteiger partial charge in [-0.25, -0.2) is 0 Å². The van der Waals surface area contributed by atoms with Crippen molar-refractivity contribution < 1.29 is 18.0 Å². The second-order valence-corrected chi connectivity index (χ2v) is 7.26. The highest BCUT2D eigenvalue weighted by atomic mass is 19.4. The van der Waals surface area contributed by atoms with Crippen LogP contribution in [0.25, 0.3) is 10.9 Å². The van der Waals surface area contributed by atoms with E-state index in [2.05, 4.69) is 15.0 Å². The van der Waals surface area contributed by atoms with Gasteiger partial charge in [-0.2, -0.15) is 18.3 Å². The Hall–Kier alpha value is -3.10. The zero-order valence-electron chi connectivity index (χ0n) is 16.0. The molecule has 1 aromatic carbocycles. The first-order chi connectivity index (χ1) is 13.7. The Bertz CT molecular complexity index is 1060. The maximum absolute atomic E-state index is 13.0. The summed E-state index contributed by atoms with van der Waals surface area (Å²) in [6.07, 6.45) is 0.362. The van der Waals surface area contributed by atoms with E-state index in [1.54, 1.807) is 35.1 Å². The quantitative estimate of drug-likeness (QED) is 0.659. The summed E-state index contributed by atoms with van der Waals surface area (Å²) >= 11 is 0. The van der Waals surface area contributed by atoms with Gasteiger partial charge in [0.25, 0.3) is 5.91 Å². The van der Waals surface area contributed by atoms with Crippen LogP contribution in [0.1, 0.15) is 22.8 Å². The average molecular weight is 403 g/mol. The summed E-state index contributed by atoms with van der Waals surface area (Å²) in [5.41, 5.74) is 0.958. The van der Waals surface area contributed by atoms with Gasteiger partial charge in [0.2, 0.25) is 0 Å². The number of carbonyl (C=O) groups is 1. The molecule has 0 saturated carbocycles. The number of benzene rings is 1. The van der Waals surface area contributed by atoms with Gasteiger partial charge in [-0.1, -0.05) is 6.07 Å². The minimum atomic E-state index is -4.40. The molecule has 1 atom stereocenters. The molecule has 1 aliphatic rings. The fraction of sp³-hybridized carbons (Fsp3) is 0.350. The number of hydrogen-bond acceptors (Lipinski definition) is 4. The molecule has 3 aromatic rings. The third-order valence-corrected chi connectivity index (χ3v) is 5.23. The standard InChI is InChI=1S/C20H20F3N5O/c1-13-11-27(7-8-28(13)19(29)14-10-25-26(2)12-14)18-5-6-24-17-9-15(20(21,22)23)3-4-16(17)18/h3-6,9-10,12-13H,7-8,11H2,1-2H3. The molecule has 0 aliphatic carbocycles. The monoisotopic (exact) mass is 403 g/mol. The summed E-state index contributed by atoms with van der Waals surface area (Å²) in [4.78, 5) is 20.8. The Morgan fingerprint density at radius 2 is 2.00 bits per heavy atom. The van der Waals surface area contributed by atoms with E-state index in [9.17, 15) is 18.0 Å². The lowest BCUT2D eigenvalue weighted by Crippen LogP contribution is -2.54. The number of amides is 1. The molecule has 29 heavy (non-hydrogen) atoms. The van der Waals surface area contributed by atoms with Gasteiger partial charge in [-0.05, 0) is 25.1 Å². The molecular formula is C20H20F3N5O. The van der Waals surface area contributed by atoms with Crippen molar-refractivity contribution in [2.45, 2.75) is 19.1 Å². The van der Waals surface area contributed by atoms with Crippen molar-refractivity contribution in [3.05, 3.63) is 54.0 Å². The largest absolute Gasteiger partial charge is 0.416 e. The predicted molar refractivity (Wildman–Crippen MR) is 103 cm³/mol. The molecule has 1 saturated heterocycles. The minimum Gasteiger partial charge on any atom is -0.367 e. The van der Waals surface area contributed by atoms with Crippen molar-refractivity contribution in [1.82, 2.24) is 19.7 Å². The topological polar surface area (TPSA) is 54.3 Å². The molecule has 0 N–H and O–H groups in total. The number of fused-ring (bicyclic) bond motifs is 1. The predicted octanol–water partition coefficient (Wildman–Crippen LogP) is 3.34. The number of alkyl halides is 3. The van der Waals surface area contributed by atoms with Crippen molar-refractivity contribution in [2.75, 3.05) is 24.5 Å². The minimum absolute atomic E-state index is 0.0610. The Morgan fingerprint density at radius 1 is 1.21 bits per heavy atom. The van der Waals surface area contributed by atoms with E-state index in [-0.39, 0.29) is 11.9 Å². The second-order valence-electron chi connectivity index (χ2n) is 7.26. The van der Waals surface area contributed by atoms with Crippen LogP contribution in [-0.4, -0.2) is 51.2 Å². The third kappa shape index (κ3) is 3.64. The van der Waals surface area contributed by atoms with E-state index in [4.69, 9.17) is 0 Å². The number of piperazine rings is 1. The molecule has 0 radical (unpaired) electrons. The number of aromatic nitrogens is 3. The number of hydrogen-bond donors (Lipinski definition) is 0. The maximum atomic E-state index is 13.0. The second kappa shape index (κ2) is 7.06. The van der Waals surface area contributed by atoms with E-state index < -0.39 is 11.7 Å². The lowest BCUT2D eigenvalue weighted by molar-refractivity contribution is -0.137. The lowest BCUT2D eigenvalue weighted by atomic mass is 10.1. The first-order valence-electron chi connectivity index (χ1n) is 9.24. The average Bonchev–Trinajstić information content (AvgIpc) is 3.12. The highest BCUT2D eigenvalue weighted by Gasteiger charge is 2.32. The summed E-state index contributed by atoms with van der Waals surface area (Å²) in [5.74, 6) is -0.0698. The van der Waals surface area contributed by atoms with Crippen molar-refractivity contribution >= 4 is 22.5 Å². The molecule has 1 aliphatic heterocycles. The molecular weight excluding hydrogens is 383 g/mol. The molecule has 6 nitrogen and oxygen atoms in total. The van der Waals surface area contributed by atoms with E-state index >= 15 is 0 Å². The van der Waals surface area contributed by atoms with Crippen LogP contribution in [0.2, 0.25) is 0 Å². The number of aryl methyl sites for hydroxylation is 1. The summed E-state index contributed by atoms with van der Waals surface area (Å²) < 4.78 is 40.6.